The summed E-state index contributed by atoms with van der Waals surface area (Å²) in [6, 6.07) is 14.3. The Bertz CT molecular complexity index is 1440. The van der Waals surface area contributed by atoms with Gasteiger partial charge in [-0.15, -0.1) is 0 Å². The number of phenolic OH excluding ortho intramolecular Hbond substituents is 8. The summed E-state index contributed by atoms with van der Waals surface area (Å²) in [5.41, 5.74) is 3.36. The Labute approximate surface area is 204 Å². The van der Waals surface area contributed by atoms with Crippen LogP contribution in [0, 0.1) is 0 Å². The molecule has 0 aromatic heterocycles. The Kier molecular flexibility index (Phi) is 4.47. The molecule has 0 amide bonds. The molecule has 8 heteroatoms. The second-order valence-corrected chi connectivity index (χ2v) is 9.44. The van der Waals surface area contributed by atoms with E-state index in [2.05, 4.69) is 0 Å². The predicted octanol–water partition coefficient (Wildman–Crippen LogP) is 4.49. The summed E-state index contributed by atoms with van der Waals surface area (Å²) in [5.74, 6) is -4.00. The van der Waals surface area contributed by atoms with E-state index in [0.29, 0.717) is 33.4 Å². The zero-order chi connectivity index (χ0) is 25.5. The molecule has 2 aliphatic carbocycles. The number of hydrogen-bond donors (Lipinski definition) is 8. The molecule has 4 aromatic rings. The minimum Gasteiger partial charge on any atom is -0.508 e. The lowest BCUT2D eigenvalue weighted by Crippen LogP contribution is -2.10. The van der Waals surface area contributed by atoms with Gasteiger partial charge in [-0.25, -0.2) is 0 Å². The van der Waals surface area contributed by atoms with E-state index in [0.717, 1.165) is 0 Å². The van der Waals surface area contributed by atoms with E-state index in [4.69, 9.17) is 0 Å². The minimum absolute atomic E-state index is 0.157. The van der Waals surface area contributed by atoms with Crippen LogP contribution < -0.4 is 0 Å². The molecule has 2 unspecified atom stereocenters. The van der Waals surface area contributed by atoms with Gasteiger partial charge in [0.05, 0.1) is 0 Å². The van der Waals surface area contributed by atoms with Gasteiger partial charge in [-0.3, -0.25) is 0 Å². The van der Waals surface area contributed by atoms with Crippen LogP contribution in [0.1, 0.15) is 57.1 Å². The van der Waals surface area contributed by atoms with Gasteiger partial charge in [-0.1, -0.05) is 12.1 Å². The minimum atomic E-state index is -0.576. The van der Waals surface area contributed by atoms with Crippen LogP contribution in [0.25, 0.3) is 0 Å². The lowest BCUT2D eigenvalue weighted by Gasteiger charge is -2.23. The maximum atomic E-state index is 11.0. The molecule has 4 atom stereocenters. The molecule has 0 bridgehead atoms. The molecular weight excluding hydrogens is 464 g/mol. The molecule has 0 saturated heterocycles. The zero-order valence-electron chi connectivity index (χ0n) is 18.7. The molecule has 0 spiro atoms. The summed E-state index contributed by atoms with van der Waals surface area (Å²) in [6.45, 7) is 0. The van der Waals surface area contributed by atoms with E-state index < -0.39 is 23.7 Å². The van der Waals surface area contributed by atoms with Crippen molar-refractivity contribution >= 4 is 0 Å². The number of phenols is 8. The first-order valence-corrected chi connectivity index (χ1v) is 11.3. The Morgan fingerprint density at radius 1 is 0.389 bits per heavy atom. The van der Waals surface area contributed by atoms with Crippen LogP contribution in [0.15, 0.2) is 60.7 Å². The smallest absolute Gasteiger partial charge is 0.157 e. The van der Waals surface area contributed by atoms with E-state index in [1.54, 1.807) is 24.3 Å². The largest absolute Gasteiger partial charge is 0.508 e. The van der Waals surface area contributed by atoms with Crippen molar-refractivity contribution in [2.45, 2.75) is 23.7 Å². The van der Waals surface area contributed by atoms with Crippen molar-refractivity contribution in [3.05, 3.63) is 94.0 Å². The molecule has 8 nitrogen and oxygen atoms in total. The van der Waals surface area contributed by atoms with Crippen molar-refractivity contribution in [2.24, 2.45) is 0 Å². The van der Waals surface area contributed by atoms with Gasteiger partial charge in [0.25, 0.3) is 0 Å². The fourth-order valence-corrected chi connectivity index (χ4v) is 6.25. The third-order valence-corrected chi connectivity index (χ3v) is 7.51. The lowest BCUT2D eigenvalue weighted by atomic mass is 9.79. The van der Waals surface area contributed by atoms with Crippen molar-refractivity contribution in [3.8, 4) is 46.0 Å². The normalized spacial score (nSPS) is 21.7. The first-order valence-electron chi connectivity index (χ1n) is 11.3. The van der Waals surface area contributed by atoms with E-state index in [1.165, 1.54) is 36.4 Å². The lowest BCUT2D eigenvalue weighted by molar-refractivity contribution is 0.401. The highest BCUT2D eigenvalue weighted by Gasteiger charge is 2.54. The van der Waals surface area contributed by atoms with Gasteiger partial charge in [-0.05, 0) is 58.7 Å². The average molecular weight is 486 g/mol. The molecule has 2 aliphatic rings. The Hall–Kier alpha value is -4.72. The topological polar surface area (TPSA) is 162 Å². The average Bonchev–Trinajstić information content (AvgIpc) is 3.31. The molecule has 36 heavy (non-hydrogen) atoms. The van der Waals surface area contributed by atoms with Crippen molar-refractivity contribution in [3.63, 3.8) is 0 Å². The Morgan fingerprint density at radius 2 is 0.778 bits per heavy atom. The second-order valence-electron chi connectivity index (χ2n) is 9.44. The van der Waals surface area contributed by atoms with Gasteiger partial charge in [0.2, 0.25) is 0 Å². The van der Waals surface area contributed by atoms with Gasteiger partial charge in [0, 0.05) is 46.9 Å². The third-order valence-electron chi connectivity index (χ3n) is 7.51. The van der Waals surface area contributed by atoms with Crippen LogP contribution >= 0.6 is 0 Å². The highest BCUT2D eigenvalue weighted by Crippen LogP contribution is 2.69. The van der Waals surface area contributed by atoms with Crippen molar-refractivity contribution in [1.82, 2.24) is 0 Å². The van der Waals surface area contributed by atoms with Gasteiger partial charge >= 0.3 is 0 Å². The van der Waals surface area contributed by atoms with Crippen LogP contribution in [0.5, 0.6) is 46.0 Å². The van der Waals surface area contributed by atoms with Crippen molar-refractivity contribution < 1.29 is 40.9 Å². The Morgan fingerprint density at radius 3 is 1.14 bits per heavy atom. The fraction of sp³-hybridized carbons (Fsp3) is 0.143. The monoisotopic (exact) mass is 486 g/mol. The maximum Gasteiger partial charge on any atom is 0.157 e. The summed E-state index contributed by atoms with van der Waals surface area (Å²) < 4.78 is 0. The molecular formula is C28H22O8. The number of aromatic hydroxyl groups is 8. The standard InChI is InChI=1S/C28H22O8/c29-13-7-15-25(21(35)9-13)23(11-1-3-17(31)19(33)5-11)27-16-8-14(30)10-22(36)26(16)24(28(15)27)12-2-4-18(32)20(34)6-12/h1-10,23-24,27-36H/t23-,24-,27?,28?/m1/s1. The molecule has 0 heterocycles. The predicted molar refractivity (Wildman–Crippen MR) is 128 cm³/mol. The fourth-order valence-electron chi connectivity index (χ4n) is 6.25. The SMILES string of the molecule is Oc1cc(O)c2c(c1)C1C(c3cc(O)cc(O)c3[C@H]1c1ccc(O)c(O)c1)[C@@H]2c1ccc(O)c(O)c1. The van der Waals surface area contributed by atoms with Crippen molar-refractivity contribution in [1.29, 1.82) is 0 Å². The van der Waals surface area contributed by atoms with Gasteiger partial charge in [0.1, 0.15) is 23.0 Å². The van der Waals surface area contributed by atoms with Crippen LogP contribution in [-0.4, -0.2) is 40.9 Å². The molecule has 6 rings (SSSR count). The first kappa shape index (κ1) is 21.8. The summed E-state index contributed by atoms with van der Waals surface area (Å²) in [6.07, 6.45) is 0. The molecule has 0 aliphatic heterocycles. The zero-order valence-corrected chi connectivity index (χ0v) is 18.7. The van der Waals surface area contributed by atoms with Gasteiger partial charge in [0.15, 0.2) is 23.0 Å². The van der Waals surface area contributed by atoms with Gasteiger partial charge in [-0.2, -0.15) is 0 Å². The second kappa shape index (κ2) is 7.39. The van der Waals surface area contributed by atoms with Crippen molar-refractivity contribution in [2.75, 3.05) is 0 Å². The third kappa shape index (κ3) is 2.94. The van der Waals surface area contributed by atoms with Crippen LogP contribution in [0.4, 0.5) is 0 Å². The van der Waals surface area contributed by atoms with E-state index >= 15 is 0 Å². The number of fused-ring (bicyclic) bond motifs is 5. The quantitative estimate of drug-likeness (QED) is 0.192. The van der Waals surface area contributed by atoms with Crippen LogP contribution in [-0.2, 0) is 0 Å². The summed E-state index contributed by atoms with van der Waals surface area (Å²) in [5, 5.41) is 83.0. The van der Waals surface area contributed by atoms with E-state index in [-0.39, 0.29) is 46.0 Å². The maximum absolute atomic E-state index is 11.0. The Balaban J connectivity index is 1.68. The molecule has 4 aromatic carbocycles. The summed E-state index contributed by atoms with van der Waals surface area (Å²) in [4.78, 5) is 0. The number of benzene rings is 4. The molecule has 8 N–H and O–H groups in total. The summed E-state index contributed by atoms with van der Waals surface area (Å²) >= 11 is 0. The molecule has 182 valence electrons. The highest BCUT2D eigenvalue weighted by molar-refractivity contribution is 5.68. The molecule has 0 saturated carbocycles. The van der Waals surface area contributed by atoms with E-state index in [9.17, 15) is 40.9 Å². The number of rotatable bonds is 2. The summed E-state index contributed by atoms with van der Waals surface area (Å²) in [7, 11) is 0. The van der Waals surface area contributed by atoms with E-state index in [1.807, 2.05) is 0 Å². The van der Waals surface area contributed by atoms with Crippen LogP contribution in [0.3, 0.4) is 0 Å². The molecule has 0 radical (unpaired) electrons. The van der Waals surface area contributed by atoms with Crippen LogP contribution in [0.2, 0.25) is 0 Å². The van der Waals surface area contributed by atoms with Gasteiger partial charge < -0.3 is 40.9 Å². The number of hydrogen-bond acceptors (Lipinski definition) is 8. The molecule has 0 fully saturated rings. The highest BCUT2D eigenvalue weighted by atomic mass is 16.3. The first-order chi connectivity index (χ1) is 17.2.